The fraction of sp³-hybridized carbons (Fsp3) is 0.231. The molecule has 0 amide bonds. The number of nitrogen functional groups attached to an aromatic ring is 1. The molecule has 0 aliphatic carbocycles. The first kappa shape index (κ1) is 13.3. The Morgan fingerprint density at radius 1 is 1.11 bits per heavy atom. The summed E-state index contributed by atoms with van der Waals surface area (Å²) in [6, 6.07) is 8.47. The van der Waals surface area contributed by atoms with Crippen LogP contribution in [0.1, 0.15) is 18.3 Å². The van der Waals surface area contributed by atoms with Gasteiger partial charge in [-0.2, -0.15) is 13.2 Å². The van der Waals surface area contributed by atoms with Crippen molar-refractivity contribution in [2.24, 2.45) is 0 Å². The Balaban J connectivity index is 2.46. The van der Waals surface area contributed by atoms with Crippen molar-refractivity contribution in [1.29, 1.82) is 0 Å². The van der Waals surface area contributed by atoms with E-state index < -0.39 is 12.0 Å². The van der Waals surface area contributed by atoms with Crippen molar-refractivity contribution in [3.05, 3.63) is 41.7 Å². The lowest BCUT2D eigenvalue weighted by molar-refractivity contribution is -0.144. The first-order chi connectivity index (χ1) is 8.90. The van der Waals surface area contributed by atoms with Crippen LogP contribution in [-0.2, 0) is 12.6 Å². The highest BCUT2D eigenvalue weighted by Crippen LogP contribution is 2.29. The summed E-state index contributed by atoms with van der Waals surface area (Å²) in [6.45, 7) is 2.00. The zero-order valence-electron chi connectivity index (χ0n) is 10.2. The summed E-state index contributed by atoms with van der Waals surface area (Å²) in [4.78, 5) is 6.72. The minimum Gasteiger partial charge on any atom is -0.384 e. The summed E-state index contributed by atoms with van der Waals surface area (Å²) in [5.74, 6) is -1.42. The quantitative estimate of drug-likeness (QED) is 0.908. The molecule has 0 aliphatic heterocycles. The number of alkyl halides is 3. The molecule has 0 aliphatic rings. The minimum atomic E-state index is -4.60. The third-order valence-electron chi connectivity index (χ3n) is 2.66. The number of hydrogen-bond donors (Lipinski definition) is 1. The van der Waals surface area contributed by atoms with Gasteiger partial charge in [-0.3, -0.25) is 0 Å². The van der Waals surface area contributed by atoms with Gasteiger partial charge in [-0.25, -0.2) is 9.97 Å². The van der Waals surface area contributed by atoms with E-state index in [1.807, 2.05) is 19.1 Å². The van der Waals surface area contributed by atoms with E-state index in [2.05, 4.69) is 9.97 Å². The maximum absolute atomic E-state index is 12.6. The minimum absolute atomic E-state index is 0.169. The van der Waals surface area contributed by atoms with Crippen molar-refractivity contribution in [1.82, 2.24) is 9.97 Å². The molecule has 19 heavy (non-hydrogen) atoms. The van der Waals surface area contributed by atoms with Gasteiger partial charge in [0.05, 0.1) is 5.69 Å². The molecule has 0 fully saturated rings. The van der Waals surface area contributed by atoms with Crippen LogP contribution >= 0.6 is 0 Å². The van der Waals surface area contributed by atoms with Gasteiger partial charge in [0, 0.05) is 11.6 Å². The van der Waals surface area contributed by atoms with Crippen molar-refractivity contribution in [3.8, 4) is 11.3 Å². The van der Waals surface area contributed by atoms with Crippen molar-refractivity contribution in [2.45, 2.75) is 19.5 Å². The van der Waals surface area contributed by atoms with Gasteiger partial charge in [0.2, 0.25) is 5.82 Å². The van der Waals surface area contributed by atoms with E-state index in [-0.39, 0.29) is 11.5 Å². The van der Waals surface area contributed by atoms with Crippen molar-refractivity contribution < 1.29 is 13.2 Å². The zero-order valence-corrected chi connectivity index (χ0v) is 10.2. The number of aryl methyl sites for hydroxylation is 1. The standard InChI is InChI=1S/C13H12F3N3/c1-2-8-3-5-9(6-4-8)10-7-11(17)19-12(18-10)13(14,15)16/h3-7H,2H2,1H3,(H2,17,18,19). The lowest BCUT2D eigenvalue weighted by atomic mass is 10.1. The fourth-order valence-corrected chi connectivity index (χ4v) is 1.65. The van der Waals surface area contributed by atoms with E-state index in [0.29, 0.717) is 5.56 Å². The maximum Gasteiger partial charge on any atom is 0.451 e. The van der Waals surface area contributed by atoms with Gasteiger partial charge >= 0.3 is 6.18 Å². The monoisotopic (exact) mass is 267 g/mol. The molecule has 2 N–H and O–H groups in total. The SMILES string of the molecule is CCc1ccc(-c2cc(N)nc(C(F)(F)F)n2)cc1. The molecule has 1 heterocycles. The van der Waals surface area contributed by atoms with E-state index in [1.165, 1.54) is 6.07 Å². The molecule has 2 rings (SSSR count). The normalized spacial score (nSPS) is 11.6. The van der Waals surface area contributed by atoms with Crippen LogP contribution in [0.15, 0.2) is 30.3 Å². The Labute approximate surface area is 108 Å². The van der Waals surface area contributed by atoms with Crippen LogP contribution in [0.4, 0.5) is 19.0 Å². The van der Waals surface area contributed by atoms with Crippen LogP contribution in [0.5, 0.6) is 0 Å². The molecule has 0 spiro atoms. The molecule has 0 saturated heterocycles. The van der Waals surface area contributed by atoms with E-state index in [0.717, 1.165) is 12.0 Å². The Bertz CT molecular complexity index is 577. The van der Waals surface area contributed by atoms with Crippen LogP contribution in [0, 0.1) is 0 Å². The van der Waals surface area contributed by atoms with Gasteiger partial charge in [-0.1, -0.05) is 31.2 Å². The highest BCUT2D eigenvalue weighted by molar-refractivity contribution is 5.62. The molecule has 0 atom stereocenters. The number of halogens is 3. The van der Waals surface area contributed by atoms with Crippen LogP contribution in [0.2, 0.25) is 0 Å². The van der Waals surface area contributed by atoms with Gasteiger partial charge < -0.3 is 5.73 Å². The van der Waals surface area contributed by atoms with Gasteiger partial charge in [0.25, 0.3) is 0 Å². The molecule has 0 radical (unpaired) electrons. The molecule has 2 aromatic rings. The van der Waals surface area contributed by atoms with Gasteiger partial charge in [-0.15, -0.1) is 0 Å². The predicted octanol–water partition coefficient (Wildman–Crippen LogP) is 3.31. The summed E-state index contributed by atoms with van der Waals surface area (Å²) in [5.41, 5.74) is 7.25. The number of anilines is 1. The molecule has 6 heteroatoms. The van der Waals surface area contributed by atoms with Gasteiger partial charge in [-0.05, 0) is 12.0 Å². The van der Waals surface area contributed by atoms with E-state index >= 15 is 0 Å². The Hall–Kier alpha value is -2.11. The Kier molecular flexibility index (Phi) is 3.42. The summed E-state index contributed by atoms with van der Waals surface area (Å²) >= 11 is 0. The number of benzene rings is 1. The second-order valence-electron chi connectivity index (χ2n) is 4.05. The fourth-order valence-electron chi connectivity index (χ4n) is 1.65. The molecule has 0 unspecified atom stereocenters. The average molecular weight is 267 g/mol. The molecular formula is C13H12F3N3. The number of rotatable bonds is 2. The van der Waals surface area contributed by atoms with E-state index in [9.17, 15) is 13.2 Å². The number of nitrogens with zero attached hydrogens (tertiary/aromatic N) is 2. The van der Waals surface area contributed by atoms with E-state index in [4.69, 9.17) is 5.73 Å². The van der Waals surface area contributed by atoms with Crippen molar-refractivity contribution in [3.63, 3.8) is 0 Å². The van der Waals surface area contributed by atoms with E-state index in [1.54, 1.807) is 12.1 Å². The summed E-state index contributed by atoms with van der Waals surface area (Å²) in [6.07, 6.45) is -3.74. The lowest BCUT2D eigenvalue weighted by Gasteiger charge is -2.08. The molecule has 0 bridgehead atoms. The number of nitrogens with two attached hydrogens (primary N) is 1. The smallest absolute Gasteiger partial charge is 0.384 e. The molecule has 3 nitrogen and oxygen atoms in total. The third kappa shape index (κ3) is 3.01. The van der Waals surface area contributed by atoms with Crippen molar-refractivity contribution >= 4 is 5.82 Å². The predicted molar refractivity (Wildman–Crippen MR) is 66.3 cm³/mol. The highest BCUT2D eigenvalue weighted by atomic mass is 19.4. The largest absolute Gasteiger partial charge is 0.451 e. The average Bonchev–Trinajstić information content (AvgIpc) is 2.37. The topological polar surface area (TPSA) is 51.8 Å². The lowest BCUT2D eigenvalue weighted by Crippen LogP contribution is -2.13. The Morgan fingerprint density at radius 2 is 1.74 bits per heavy atom. The summed E-state index contributed by atoms with van der Waals surface area (Å²) in [7, 11) is 0. The first-order valence-corrected chi connectivity index (χ1v) is 5.71. The molecule has 1 aromatic carbocycles. The molecular weight excluding hydrogens is 255 g/mol. The maximum atomic E-state index is 12.6. The number of hydrogen-bond acceptors (Lipinski definition) is 3. The summed E-state index contributed by atoms with van der Waals surface area (Å²) in [5, 5.41) is 0. The second-order valence-corrected chi connectivity index (χ2v) is 4.05. The molecule has 100 valence electrons. The molecule has 0 saturated carbocycles. The zero-order chi connectivity index (χ0) is 14.0. The second kappa shape index (κ2) is 4.87. The van der Waals surface area contributed by atoms with Crippen LogP contribution < -0.4 is 5.73 Å². The van der Waals surface area contributed by atoms with Crippen LogP contribution in [0.25, 0.3) is 11.3 Å². The van der Waals surface area contributed by atoms with Gasteiger partial charge in [0.1, 0.15) is 5.82 Å². The summed E-state index contributed by atoms with van der Waals surface area (Å²) < 4.78 is 37.8. The number of aromatic nitrogens is 2. The van der Waals surface area contributed by atoms with Crippen LogP contribution in [0.3, 0.4) is 0 Å². The first-order valence-electron chi connectivity index (χ1n) is 5.71. The van der Waals surface area contributed by atoms with Crippen LogP contribution in [-0.4, -0.2) is 9.97 Å². The third-order valence-corrected chi connectivity index (χ3v) is 2.66. The highest BCUT2D eigenvalue weighted by Gasteiger charge is 2.35. The Morgan fingerprint density at radius 3 is 2.26 bits per heavy atom. The van der Waals surface area contributed by atoms with Crippen molar-refractivity contribution in [2.75, 3.05) is 5.73 Å². The van der Waals surface area contributed by atoms with Gasteiger partial charge in [0.15, 0.2) is 0 Å². The molecule has 1 aromatic heterocycles.